The van der Waals surface area contributed by atoms with Crippen LogP contribution in [0.1, 0.15) is 34.0 Å². The molecule has 7 nitrogen and oxygen atoms in total. The van der Waals surface area contributed by atoms with Crippen LogP contribution in [-0.2, 0) is 11.4 Å². The number of carbonyl (C=O) groups excluding carboxylic acids is 2. The number of alkyl halides is 2. The number of hydroxylamine groups is 1. The Morgan fingerprint density at radius 1 is 1.03 bits per heavy atom. The first-order valence-corrected chi connectivity index (χ1v) is 9.26. The molecule has 0 aromatic heterocycles. The summed E-state index contributed by atoms with van der Waals surface area (Å²) in [5.41, 5.74) is 0.339. The summed E-state index contributed by atoms with van der Waals surface area (Å²) in [7, 11) is 0. The lowest BCUT2D eigenvalue weighted by Gasteiger charge is -2.30. The highest BCUT2D eigenvalue weighted by Gasteiger charge is 2.46. The fourth-order valence-electron chi connectivity index (χ4n) is 2.42. The molecule has 2 amide bonds. The number of amides is 2. The molecule has 0 saturated heterocycles. The van der Waals surface area contributed by atoms with Gasteiger partial charge in [-0.15, -0.1) is 13.2 Å². The van der Waals surface area contributed by atoms with Crippen LogP contribution in [0.25, 0.3) is 0 Å². The third kappa shape index (κ3) is 6.99. The molecule has 2 unspecified atom stereocenters. The Kier molecular flexibility index (Phi) is 10.2. The maximum atomic E-state index is 13.0. The van der Waals surface area contributed by atoms with E-state index in [0.717, 1.165) is 16.6 Å². The van der Waals surface area contributed by atoms with E-state index in [0.29, 0.717) is 12.5 Å². The van der Waals surface area contributed by atoms with Gasteiger partial charge in [-0.25, -0.2) is 14.3 Å². The molecular weight excluding hydrogens is 422 g/mol. The Morgan fingerprint density at radius 2 is 1.50 bits per heavy atom. The summed E-state index contributed by atoms with van der Waals surface area (Å²) in [5.74, 6) is 3.52. The zero-order chi connectivity index (χ0) is 24.3. The Bertz CT molecular complexity index is 965. The number of rotatable bonds is 6. The van der Waals surface area contributed by atoms with Crippen molar-refractivity contribution in [2.24, 2.45) is 0 Å². The van der Waals surface area contributed by atoms with Gasteiger partial charge in [0.25, 0.3) is 18.2 Å². The van der Waals surface area contributed by atoms with Crippen LogP contribution < -0.4 is 10.8 Å². The van der Waals surface area contributed by atoms with Gasteiger partial charge < -0.3 is 15.5 Å². The van der Waals surface area contributed by atoms with Crippen molar-refractivity contribution < 1.29 is 33.8 Å². The summed E-state index contributed by atoms with van der Waals surface area (Å²) < 4.78 is 26.1. The average molecular weight is 446 g/mol. The molecule has 170 valence electrons. The van der Waals surface area contributed by atoms with E-state index in [9.17, 15) is 23.5 Å². The van der Waals surface area contributed by atoms with Gasteiger partial charge >= 0.3 is 0 Å². The topological polar surface area (TPSA) is 119 Å². The molecule has 2 aromatic rings. The highest BCUT2D eigenvalue weighted by Crippen LogP contribution is 2.20. The second kappa shape index (κ2) is 12.3. The Balaban J connectivity index is 0.00000249. The molecule has 0 aliphatic rings. The Morgan fingerprint density at radius 3 is 1.91 bits per heavy atom. The predicted molar refractivity (Wildman–Crippen MR) is 114 cm³/mol. The lowest BCUT2D eigenvalue weighted by molar-refractivity contribution is -0.149. The van der Waals surface area contributed by atoms with Crippen molar-refractivity contribution in [2.75, 3.05) is 0 Å². The van der Waals surface area contributed by atoms with Crippen molar-refractivity contribution in [2.45, 2.75) is 31.6 Å². The van der Waals surface area contributed by atoms with Gasteiger partial charge in [0, 0.05) is 16.7 Å². The number of carbonyl (C=O) groups is 2. The summed E-state index contributed by atoms with van der Waals surface area (Å²) in [6.45, 7) is 6.61. The highest BCUT2D eigenvalue weighted by molar-refractivity contribution is 5.97. The van der Waals surface area contributed by atoms with E-state index in [1.165, 1.54) is 24.3 Å². The van der Waals surface area contributed by atoms with Crippen LogP contribution in [0, 0.1) is 11.8 Å². The van der Waals surface area contributed by atoms with E-state index >= 15 is 0 Å². The number of aliphatic hydroxyl groups excluding tert-OH is 1. The van der Waals surface area contributed by atoms with Crippen LogP contribution >= 0.6 is 0 Å². The van der Waals surface area contributed by atoms with E-state index in [2.05, 4.69) is 25.0 Å². The minimum Gasteiger partial charge on any atom is -0.392 e. The number of hydrogen-bond acceptors (Lipinski definition) is 5. The second-order valence-electron chi connectivity index (χ2n) is 6.59. The lowest BCUT2D eigenvalue weighted by Crippen LogP contribution is -2.61. The first-order valence-electron chi connectivity index (χ1n) is 9.26. The van der Waals surface area contributed by atoms with Gasteiger partial charge in [0.15, 0.2) is 5.60 Å². The first kappa shape index (κ1) is 26.5. The fraction of sp³-hybridized carbons (Fsp3) is 0.217. The smallest absolute Gasteiger partial charge is 0.269 e. The number of aliphatic hydroxyl groups is 2. The first-order chi connectivity index (χ1) is 15.2. The number of benzene rings is 2. The normalized spacial score (nSPS) is 12.8. The molecule has 9 heteroatoms. The molecule has 5 N–H and O–H groups in total. The molecular formula is C23H24F2N2O5. The second-order valence-corrected chi connectivity index (χ2v) is 6.59. The van der Waals surface area contributed by atoms with E-state index < -0.39 is 29.9 Å². The zero-order valence-corrected chi connectivity index (χ0v) is 17.3. The molecule has 0 spiro atoms. The van der Waals surface area contributed by atoms with Crippen molar-refractivity contribution >= 4 is 11.8 Å². The largest absolute Gasteiger partial charge is 0.392 e. The summed E-state index contributed by atoms with van der Waals surface area (Å²) in [5, 5.41) is 29.6. The molecule has 0 heterocycles. The SMILES string of the molecule is C=C.CC(O)(C(F)F)C(NC(=O)c1ccc(C#Cc2ccc(CO)cc2)cc1)C(=O)NO. The maximum absolute atomic E-state index is 13.0. The zero-order valence-electron chi connectivity index (χ0n) is 17.3. The van der Waals surface area contributed by atoms with Gasteiger partial charge in [0.1, 0.15) is 6.04 Å². The number of hydrogen-bond donors (Lipinski definition) is 5. The lowest BCUT2D eigenvalue weighted by atomic mass is 9.95. The van der Waals surface area contributed by atoms with Crippen molar-refractivity contribution in [3.63, 3.8) is 0 Å². The Hall–Kier alpha value is -3.58. The monoisotopic (exact) mass is 446 g/mol. The molecule has 0 saturated carbocycles. The summed E-state index contributed by atoms with van der Waals surface area (Å²) in [4.78, 5) is 24.0. The third-order valence-corrected chi connectivity index (χ3v) is 4.31. The molecule has 0 aliphatic carbocycles. The summed E-state index contributed by atoms with van der Waals surface area (Å²) in [6.07, 6.45) is -3.36. The Labute approximate surface area is 184 Å². The van der Waals surface area contributed by atoms with Gasteiger partial charge in [-0.2, -0.15) is 0 Å². The molecule has 2 aromatic carbocycles. The van der Waals surface area contributed by atoms with Gasteiger partial charge in [-0.05, 0) is 48.9 Å². The van der Waals surface area contributed by atoms with Crippen molar-refractivity contribution in [1.82, 2.24) is 10.8 Å². The van der Waals surface area contributed by atoms with Crippen LogP contribution in [0.3, 0.4) is 0 Å². The van der Waals surface area contributed by atoms with Crippen LogP contribution in [0.4, 0.5) is 8.78 Å². The standard InChI is InChI=1S/C21H20F2N2O5.C2H4/c1-21(29,20(22)23)17(19(28)25-30)24-18(27)16-10-8-14(9-11-16)3-2-13-4-6-15(12-26)7-5-13;1-2/h4-11,17,20,26,29-30H,12H2,1H3,(H,24,27)(H,25,28);1-2H2. The highest BCUT2D eigenvalue weighted by atomic mass is 19.3. The fourth-order valence-corrected chi connectivity index (χ4v) is 2.42. The summed E-state index contributed by atoms with van der Waals surface area (Å²) in [6, 6.07) is 10.7. The molecule has 2 atom stereocenters. The van der Waals surface area contributed by atoms with Gasteiger partial charge in [-0.3, -0.25) is 14.8 Å². The molecule has 32 heavy (non-hydrogen) atoms. The van der Waals surface area contributed by atoms with Crippen molar-refractivity contribution in [3.8, 4) is 11.8 Å². The minimum absolute atomic E-state index is 0.0358. The van der Waals surface area contributed by atoms with Crippen molar-refractivity contribution in [1.29, 1.82) is 0 Å². The van der Waals surface area contributed by atoms with Crippen LogP contribution in [0.2, 0.25) is 0 Å². The van der Waals surface area contributed by atoms with E-state index in [4.69, 9.17) is 10.3 Å². The average Bonchev–Trinajstić information content (AvgIpc) is 2.82. The predicted octanol–water partition coefficient (Wildman–Crippen LogP) is 2.00. The van der Waals surface area contributed by atoms with Gasteiger partial charge in [0.05, 0.1) is 6.61 Å². The van der Waals surface area contributed by atoms with E-state index in [1.54, 1.807) is 24.3 Å². The molecule has 0 bridgehead atoms. The summed E-state index contributed by atoms with van der Waals surface area (Å²) >= 11 is 0. The minimum atomic E-state index is -3.36. The van der Waals surface area contributed by atoms with Gasteiger partial charge in [-0.1, -0.05) is 24.0 Å². The van der Waals surface area contributed by atoms with E-state index in [-0.39, 0.29) is 12.2 Å². The molecule has 0 radical (unpaired) electrons. The quantitative estimate of drug-likeness (QED) is 0.201. The van der Waals surface area contributed by atoms with Crippen molar-refractivity contribution in [3.05, 3.63) is 83.9 Å². The molecule has 0 aliphatic heterocycles. The van der Waals surface area contributed by atoms with Crippen LogP contribution in [0.15, 0.2) is 61.7 Å². The molecule has 0 fully saturated rings. The van der Waals surface area contributed by atoms with Gasteiger partial charge in [0.2, 0.25) is 0 Å². The van der Waals surface area contributed by atoms with Crippen LogP contribution in [0.5, 0.6) is 0 Å². The number of nitrogens with one attached hydrogen (secondary N) is 2. The van der Waals surface area contributed by atoms with E-state index in [1.807, 2.05) is 5.32 Å². The maximum Gasteiger partial charge on any atom is 0.269 e. The third-order valence-electron chi connectivity index (χ3n) is 4.31. The number of halogens is 2. The molecule has 2 rings (SSSR count). The van der Waals surface area contributed by atoms with Crippen LogP contribution in [-0.4, -0.2) is 45.3 Å².